The van der Waals surface area contributed by atoms with E-state index in [9.17, 15) is 0 Å². The fourth-order valence-corrected chi connectivity index (χ4v) is 0. The Kier molecular flexibility index (Phi) is 20.1. The van der Waals surface area contributed by atoms with Gasteiger partial charge in [0.15, 0.2) is 0 Å². The number of rotatable bonds is 0. The van der Waals surface area contributed by atoms with Crippen LogP contribution in [0.5, 0.6) is 0 Å². The van der Waals surface area contributed by atoms with E-state index in [1.165, 1.54) is 0 Å². The molecule has 0 amide bonds. The van der Waals surface area contributed by atoms with Crippen LogP contribution in [0, 0.1) is 29.9 Å². The summed E-state index contributed by atoms with van der Waals surface area (Å²) in [5.74, 6) is 0. The Morgan fingerprint density at radius 2 is 1.25 bits per heavy atom. The van der Waals surface area contributed by atoms with Gasteiger partial charge in [0, 0.05) is 29.9 Å². The molecule has 0 aromatic carbocycles. The SMILES string of the molecule is ClOCl.[Np]. The second kappa shape index (κ2) is 8.82. The quantitative estimate of drug-likeness (QED) is 0.653. The van der Waals surface area contributed by atoms with Gasteiger partial charge in [-0.3, -0.25) is 0 Å². The van der Waals surface area contributed by atoms with Crippen molar-refractivity contribution in [3.8, 4) is 0 Å². The van der Waals surface area contributed by atoms with Gasteiger partial charge < -0.3 is 0 Å². The molecule has 0 aromatic rings. The Balaban J connectivity index is 0. The van der Waals surface area contributed by atoms with Crippen molar-refractivity contribution in [2.24, 2.45) is 0 Å². The molecular weight excluding hydrogens is 324 g/mol. The van der Waals surface area contributed by atoms with Gasteiger partial charge in [-0.25, -0.2) is 0 Å². The van der Waals surface area contributed by atoms with Crippen LogP contribution in [0.25, 0.3) is 0 Å². The van der Waals surface area contributed by atoms with Crippen molar-refractivity contribution in [3.05, 3.63) is 0 Å². The molecule has 0 saturated carbocycles. The maximum atomic E-state index is 4.26. The van der Waals surface area contributed by atoms with E-state index in [2.05, 4.69) is 27.6 Å². The van der Waals surface area contributed by atoms with Gasteiger partial charge in [-0.2, -0.15) is 3.84 Å². The van der Waals surface area contributed by atoms with Crippen LogP contribution >= 0.6 is 23.7 Å². The number of hydrogen-bond acceptors (Lipinski definition) is 1. The summed E-state index contributed by atoms with van der Waals surface area (Å²) in [7, 11) is 0. The molecule has 0 heterocycles. The monoisotopic (exact) mass is 322 g/mol. The molecule has 4 heavy (non-hydrogen) atoms. The van der Waals surface area contributed by atoms with E-state index in [0.29, 0.717) is 0 Å². The summed E-state index contributed by atoms with van der Waals surface area (Å²) in [6.07, 6.45) is 0. The molecular formula is Cl2NpO. The van der Waals surface area contributed by atoms with Gasteiger partial charge in [-0.1, -0.05) is 0 Å². The summed E-state index contributed by atoms with van der Waals surface area (Å²) in [5, 5.41) is 0. The van der Waals surface area contributed by atoms with Crippen LogP contribution in [-0.4, -0.2) is 0 Å². The standard InChI is InChI=1S/Cl2O.Np/c1-3-2;. The Morgan fingerprint density at radius 1 is 1.25 bits per heavy atom. The number of hydrogen-bond donors (Lipinski definition) is 0. The van der Waals surface area contributed by atoms with Crippen molar-refractivity contribution in [1.29, 1.82) is 0 Å². The third kappa shape index (κ3) is 9.60. The molecule has 1 nitrogen and oxygen atoms in total. The molecule has 0 bridgehead atoms. The van der Waals surface area contributed by atoms with Crippen LogP contribution in [0.2, 0.25) is 0 Å². The van der Waals surface area contributed by atoms with Crippen LogP contribution in [-0.2, 0) is 3.84 Å². The molecule has 0 aliphatic heterocycles. The summed E-state index contributed by atoms with van der Waals surface area (Å²) in [6.45, 7) is 0. The zero-order chi connectivity index (χ0) is 2.71. The second-order valence-corrected chi connectivity index (χ2v) is 0.525. The molecule has 0 rings (SSSR count). The summed E-state index contributed by atoms with van der Waals surface area (Å²) >= 11 is 8.53. The van der Waals surface area contributed by atoms with Gasteiger partial charge in [0.2, 0.25) is 0 Å². The molecule has 0 spiro atoms. The van der Waals surface area contributed by atoms with Gasteiger partial charge in [0.25, 0.3) is 0 Å². The summed E-state index contributed by atoms with van der Waals surface area (Å²) in [4.78, 5) is 0. The summed E-state index contributed by atoms with van der Waals surface area (Å²) in [6, 6.07) is 0. The molecule has 0 aromatic heterocycles. The first-order chi connectivity index (χ1) is 1.41. The largest absolute Gasteiger partial charge is 0.166 e. The van der Waals surface area contributed by atoms with Gasteiger partial charge >= 0.3 is 0 Å². The van der Waals surface area contributed by atoms with E-state index in [1.54, 1.807) is 0 Å². The zero-order valence-electron chi connectivity index (χ0n) is 1.61. The summed E-state index contributed by atoms with van der Waals surface area (Å²) in [5.41, 5.74) is 0. The van der Waals surface area contributed by atoms with E-state index in [-0.39, 0.29) is 29.9 Å². The van der Waals surface area contributed by atoms with Gasteiger partial charge in [0.05, 0.1) is 23.7 Å². The minimum Gasteiger partial charge on any atom is -0.166 e. The first-order valence-electron chi connectivity index (χ1n) is 0.309. The zero-order valence-corrected chi connectivity index (χ0v) is 6.85. The average molecular weight is 324 g/mol. The molecule has 0 fully saturated rings. The molecule has 0 unspecified atom stereocenters. The molecule has 1 radical (unpaired) electrons. The van der Waals surface area contributed by atoms with E-state index >= 15 is 0 Å². The van der Waals surface area contributed by atoms with Crippen LogP contribution in [0.4, 0.5) is 0 Å². The first-order valence-corrected chi connectivity index (χ1v) is 0.926. The van der Waals surface area contributed by atoms with Crippen LogP contribution < -0.4 is 0 Å². The normalized spacial score (nSPS) is 4.50. The Bertz CT molecular complexity index is 6.00. The van der Waals surface area contributed by atoms with Crippen molar-refractivity contribution in [3.63, 3.8) is 0 Å². The Labute approximate surface area is 57.2 Å². The summed E-state index contributed by atoms with van der Waals surface area (Å²) < 4.78 is 3.19. The van der Waals surface area contributed by atoms with Crippen LogP contribution in [0.1, 0.15) is 0 Å². The molecule has 0 saturated heterocycles. The van der Waals surface area contributed by atoms with E-state index in [0.717, 1.165) is 0 Å². The molecule has 0 aliphatic rings. The van der Waals surface area contributed by atoms with Crippen molar-refractivity contribution in [2.45, 2.75) is 0 Å². The first kappa shape index (κ1) is 9.12. The van der Waals surface area contributed by atoms with Crippen molar-refractivity contribution in [2.75, 3.05) is 0 Å². The van der Waals surface area contributed by atoms with Crippen LogP contribution in [0.3, 0.4) is 0 Å². The predicted molar refractivity (Wildman–Crippen MR) is 12.8 cm³/mol. The Morgan fingerprint density at radius 3 is 1.25 bits per heavy atom. The van der Waals surface area contributed by atoms with Gasteiger partial charge in [-0.15, -0.1) is 0 Å². The predicted octanol–water partition coefficient (Wildman–Crippen LogP) is 1.31. The maximum absolute atomic E-state index is 4.26. The smallest absolute Gasteiger partial charge is 0.0832 e. The van der Waals surface area contributed by atoms with E-state index in [4.69, 9.17) is 0 Å². The second-order valence-electron chi connectivity index (χ2n) is 0.0583. The maximum Gasteiger partial charge on any atom is 0.0832 e. The molecule has 0 N–H and O–H groups in total. The molecule has 4 heteroatoms. The average Bonchev–Trinajstić information content (AvgIpc) is 0.918. The Hall–Kier alpha value is 1.55. The van der Waals surface area contributed by atoms with Crippen molar-refractivity contribution in [1.82, 2.24) is 0 Å². The molecule has 0 aliphatic carbocycles. The third-order valence-electron chi connectivity index (χ3n) is 0. The van der Waals surface area contributed by atoms with E-state index in [1.807, 2.05) is 0 Å². The minimum atomic E-state index is 0. The van der Waals surface area contributed by atoms with Gasteiger partial charge in [0.1, 0.15) is 0 Å². The minimum absolute atomic E-state index is 0. The van der Waals surface area contributed by atoms with Gasteiger partial charge in [-0.05, 0) is 0 Å². The third-order valence-corrected chi connectivity index (χ3v) is 0. The fourth-order valence-electron chi connectivity index (χ4n) is 0. The number of halogens is 2. The molecule has 25 valence electrons. The van der Waals surface area contributed by atoms with E-state index < -0.39 is 0 Å². The topological polar surface area (TPSA) is 9.23 Å². The fraction of sp³-hybridized carbons (Fsp3) is 0. The van der Waals surface area contributed by atoms with Crippen LogP contribution in [0.15, 0.2) is 0 Å². The molecule has 0 atom stereocenters. The van der Waals surface area contributed by atoms with Crippen molar-refractivity contribution < 1.29 is 33.8 Å². The van der Waals surface area contributed by atoms with Crippen molar-refractivity contribution >= 4 is 23.7 Å².